The molecule has 3 nitrogen and oxygen atoms in total. The van der Waals surface area contributed by atoms with Gasteiger partial charge in [-0.05, 0) is 37.5 Å². The van der Waals surface area contributed by atoms with Gasteiger partial charge in [0.25, 0.3) is 0 Å². The molecule has 1 aromatic carbocycles. The Kier molecular flexibility index (Phi) is 6.01. The van der Waals surface area contributed by atoms with Crippen LogP contribution in [0, 0.1) is 0 Å². The van der Waals surface area contributed by atoms with Gasteiger partial charge in [-0.15, -0.1) is 0 Å². The summed E-state index contributed by atoms with van der Waals surface area (Å²) in [5.41, 5.74) is 1.03. The minimum atomic E-state index is -0.0195. The van der Waals surface area contributed by atoms with Crippen molar-refractivity contribution in [2.45, 2.75) is 32.2 Å². The highest BCUT2D eigenvalue weighted by atomic mass is 35.5. The van der Waals surface area contributed by atoms with Crippen molar-refractivity contribution >= 4 is 17.5 Å². The molecule has 0 unspecified atom stereocenters. The zero-order valence-electron chi connectivity index (χ0n) is 9.95. The van der Waals surface area contributed by atoms with Crippen molar-refractivity contribution in [3.63, 3.8) is 0 Å². The van der Waals surface area contributed by atoms with Crippen LogP contribution in [0.3, 0.4) is 0 Å². The molecule has 0 bridgehead atoms. The van der Waals surface area contributed by atoms with Crippen LogP contribution in [0.15, 0.2) is 24.3 Å². The molecule has 0 aliphatic rings. The lowest BCUT2D eigenvalue weighted by Gasteiger charge is -2.14. The highest BCUT2D eigenvalue weighted by Crippen LogP contribution is 2.16. The van der Waals surface area contributed by atoms with Gasteiger partial charge in [0.1, 0.15) is 0 Å². The van der Waals surface area contributed by atoms with Crippen molar-refractivity contribution < 1.29 is 9.90 Å². The Bertz CT molecular complexity index is 351. The number of rotatable bonds is 6. The molecule has 0 fully saturated rings. The second-order valence-corrected chi connectivity index (χ2v) is 4.46. The van der Waals surface area contributed by atoms with E-state index in [0.29, 0.717) is 17.9 Å². The number of carbonyl (C=O) groups is 1. The van der Waals surface area contributed by atoms with Gasteiger partial charge in [-0.1, -0.05) is 23.7 Å². The second-order valence-electron chi connectivity index (χ2n) is 4.02. The fourth-order valence-electron chi connectivity index (χ4n) is 1.55. The number of halogens is 1. The Morgan fingerprint density at radius 3 is 2.59 bits per heavy atom. The van der Waals surface area contributed by atoms with Crippen LogP contribution >= 0.6 is 11.6 Å². The summed E-state index contributed by atoms with van der Waals surface area (Å²) >= 11 is 5.80. The Labute approximate surface area is 107 Å². The van der Waals surface area contributed by atoms with E-state index in [1.54, 1.807) is 0 Å². The van der Waals surface area contributed by atoms with E-state index in [0.717, 1.165) is 12.0 Å². The molecule has 1 atom stereocenters. The monoisotopic (exact) mass is 255 g/mol. The Morgan fingerprint density at radius 1 is 1.35 bits per heavy atom. The number of nitrogens with one attached hydrogen (secondary N) is 1. The van der Waals surface area contributed by atoms with Crippen molar-refractivity contribution in [3.8, 4) is 0 Å². The molecule has 17 heavy (non-hydrogen) atoms. The highest BCUT2D eigenvalue weighted by Gasteiger charge is 2.08. The molecule has 94 valence electrons. The molecule has 0 aromatic heterocycles. The quantitative estimate of drug-likeness (QED) is 0.768. The van der Waals surface area contributed by atoms with Gasteiger partial charge in [0.05, 0.1) is 6.04 Å². The number of aliphatic hydroxyl groups excluding tert-OH is 1. The number of unbranched alkanes of at least 4 members (excludes halogenated alkanes) is 1. The van der Waals surface area contributed by atoms with Crippen LogP contribution in [0.25, 0.3) is 0 Å². The van der Waals surface area contributed by atoms with Gasteiger partial charge in [-0.3, -0.25) is 4.79 Å². The van der Waals surface area contributed by atoms with E-state index in [2.05, 4.69) is 5.32 Å². The number of hydrogen-bond acceptors (Lipinski definition) is 2. The van der Waals surface area contributed by atoms with Gasteiger partial charge in [-0.2, -0.15) is 0 Å². The first-order chi connectivity index (χ1) is 8.13. The standard InChI is InChI=1S/C13H18ClNO2/c1-10(11-5-7-12(14)8-6-11)15-13(17)4-2-3-9-16/h5-8,10,16H,2-4,9H2,1H3,(H,15,17)/t10-/m0/s1. The summed E-state index contributed by atoms with van der Waals surface area (Å²) in [6.45, 7) is 2.08. The number of hydrogen-bond donors (Lipinski definition) is 2. The molecule has 4 heteroatoms. The summed E-state index contributed by atoms with van der Waals surface area (Å²) in [5.74, 6) is 0.0147. The summed E-state index contributed by atoms with van der Waals surface area (Å²) in [4.78, 5) is 11.5. The molecule has 0 aliphatic carbocycles. The molecule has 1 aromatic rings. The average molecular weight is 256 g/mol. The van der Waals surface area contributed by atoms with Crippen LogP contribution in [-0.4, -0.2) is 17.6 Å². The molecule has 0 saturated heterocycles. The molecule has 0 heterocycles. The van der Waals surface area contributed by atoms with Gasteiger partial charge in [0.15, 0.2) is 0 Å². The third kappa shape index (κ3) is 5.20. The Morgan fingerprint density at radius 2 is 2.00 bits per heavy atom. The number of amides is 1. The van der Waals surface area contributed by atoms with Crippen LogP contribution in [0.4, 0.5) is 0 Å². The topological polar surface area (TPSA) is 49.3 Å². The molecular weight excluding hydrogens is 238 g/mol. The van der Waals surface area contributed by atoms with E-state index in [9.17, 15) is 4.79 Å². The average Bonchev–Trinajstić information content (AvgIpc) is 2.30. The second kappa shape index (κ2) is 7.30. The Balaban J connectivity index is 2.40. The van der Waals surface area contributed by atoms with E-state index >= 15 is 0 Å². The fourth-order valence-corrected chi connectivity index (χ4v) is 1.67. The molecule has 1 rings (SSSR count). The van der Waals surface area contributed by atoms with Gasteiger partial charge in [0.2, 0.25) is 5.91 Å². The van der Waals surface area contributed by atoms with Crippen LogP contribution < -0.4 is 5.32 Å². The number of carbonyl (C=O) groups excluding carboxylic acids is 1. The van der Waals surface area contributed by atoms with Gasteiger partial charge in [-0.25, -0.2) is 0 Å². The van der Waals surface area contributed by atoms with E-state index in [1.165, 1.54) is 0 Å². The summed E-state index contributed by atoms with van der Waals surface area (Å²) < 4.78 is 0. The zero-order chi connectivity index (χ0) is 12.7. The predicted molar refractivity (Wildman–Crippen MR) is 68.9 cm³/mol. The zero-order valence-corrected chi connectivity index (χ0v) is 10.7. The summed E-state index contributed by atoms with van der Waals surface area (Å²) in [5, 5.41) is 12.2. The first-order valence-corrected chi connectivity index (χ1v) is 6.17. The van der Waals surface area contributed by atoms with Crippen LogP contribution in [0.5, 0.6) is 0 Å². The lowest BCUT2D eigenvalue weighted by Crippen LogP contribution is -2.26. The van der Waals surface area contributed by atoms with E-state index in [1.807, 2.05) is 31.2 Å². The van der Waals surface area contributed by atoms with Crippen molar-refractivity contribution in [3.05, 3.63) is 34.9 Å². The van der Waals surface area contributed by atoms with Gasteiger partial charge >= 0.3 is 0 Å². The smallest absolute Gasteiger partial charge is 0.220 e. The minimum Gasteiger partial charge on any atom is -0.396 e. The normalized spacial score (nSPS) is 12.2. The van der Waals surface area contributed by atoms with Crippen molar-refractivity contribution in [1.29, 1.82) is 0 Å². The van der Waals surface area contributed by atoms with Crippen molar-refractivity contribution in [2.24, 2.45) is 0 Å². The first kappa shape index (κ1) is 14.0. The third-order valence-electron chi connectivity index (χ3n) is 2.56. The van der Waals surface area contributed by atoms with E-state index in [4.69, 9.17) is 16.7 Å². The molecule has 2 N–H and O–H groups in total. The van der Waals surface area contributed by atoms with Crippen LogP contribution in [0.1, 0.15) is 37.8 Å². The van der Waals surface area contributed by atoms with Crippen LogP contribution in [-0.2, 0) is 4.79 Å². The Hall–Kier alpha value is -1.06. The maximum Gasteiger partial charge on any atom is 0.220 e. The summed E-state index contributed by atoms with van der Waals surface area (Å²) in [6.07, 6.45) is 1.84. The maximum atomic E-state index is 11.5. The molecule has 0 spiro atoms. The molecule has 0 radical (unpaired) electrons. The number of aliphatic hydroxyl groups is 1. The molecule has 0 saturated carbocycles. The first-order valence-electron chi connectivity index (χ1n) is 5.79. The number of benzene rings is 1. The third-order valence-corrected chi connectivity index (χ3v) is 2.81. The lowest BCUT2D eigenvalue weighted by atomic mass is 10.1. The highest BCUT2D eigenvalue weighted by molar-refractivity contribution is 6.30. The van der Waals surface area contributed by atoms with Crippen LogP contribution in [0.2, 0.25) is 5.02 Å². The van der Waals surface area contributed by atoms with Gasteiger partial charge < -0.3 is 10.4 Å². The largest absolute Gasteiger partial charge is 0.396 e. The SMILES string of the molecule is C[C@H](NC(=O)CCCCO)c1ccc(Cl)cc1. The van der Waals surface area contributed by atoms with E-state index < -0.39 is 0 Å². The fraction of sp³-hybridized carbons (Fsp3) is 0.462. The summed E-state index contributed by atoms with van der Waals surface area (Å²) in [7, 11) is 0. The molecule has 0 aliphatic heterocycles. The molecular formula is C13H18ClNO2. The lowest BCUT2D eigenvalue weighted by molar-refractivity contribution is -0.121. The predicted octanol–water partition coefficient (Wildman–Crippen LogP) is 2.68. The summed E-state index contributed by atoms with van der Waals surface area (Å²) in [6, 6.07) is 7.41. The van der Waals surface area contributed by atoms with E-state index in [-0.39, 0.29) is 18.6 Å². The van der Waals surface area contributed by atoms with Crippen molar-refractivity contribution in [1.82, 2.24) is 5.32 Å². The van der Waals surface area contributed by atoms with Crippen molar-refractivity contribution in [2.75, 3.05) is 6.61 Å². The molecule has 1 amide bonds. The minimum absolute atomic E-state index is 0.0147. The van der Waals surface area contributed by atoms with Gasteiger partial charge in [0, 0.05) is 18.1 Å². The maximum absolute atomic E-state index is 11.5.